The molecule has 1 aliphatic rings. The fourth-order valence-corrected chi connectivity index (χ4v) is 2.20. The Balaban J connectivity index is 2.27. The van der Waals surface area contributed by atoms with Crippen LogP contribution in [0, 0.1) is 5.92 Å². The van der Waals surface area contributed by atoms with Crippen LogP contribution in [0.25, 0.3) is 0 Å². The summed E-state index contributed by atoms with van der Waals surface area (Å²) in [6.07, 6.45) is 5.13. The first kappa shape index (κ1) is 17.4. The van der Waals surface area contributed by atoms with E-state index < -0.39 is 5.54 Å². The summed E-state index contributed by atoms with van der Waals surface area (Å²) in [5.74, 6) is 0.464. The molecule has 0 aromatic heterocycles. The first-order valence-electron chi connectivity index (χ1n) is 8.00. The van der Waals surface area contributed by atoms with Crippen molar-refractivity contribution in [2.45, 2.75) is 71.4 Å². The van der Waals surface area contributed by atoms with Gasteiger partial charge in [-0.15, -0.1) is 0 Å². The Morgan fingerprint density at radius 2 is 2.05 bits per heavy atom. The smallest absolute Gasteiger partial charge is 0.326 e. The van der Waals surface area contributed by atoms with Crippen LogP contribution < -0.4 is 5.32 Å². The third kappa shape index (κ3) is 6.71. The summed E-state index contributed by atoms with van der Waals surface area (Å²) in [5.41, 5.74) is -0.533. The maximum atomic E-state index is 12.1. The van der Waals surface area contributed by atoms with Gasteiger partial charge in [0.25, 0.3) is 0 Å². The maximum Gasteiger partial charge on any atom is 0.326 e. The van der Waals surface area contributed by atoms with Gasteiger partial charge in [-0.3, -0.25) is 10.1 Å². The number of rotatable bonds is 11. The van der Waals surface area contributed by atoms with E-state index in [-0.39, 0.29) is 5.97 Å². The van der Waals surface area contributed by atoms with Gasteiger partial charge in [0, 0.05) is 19.3 Å². The number of nitrogens with one attached hydrogen (secondary N) is 1. The first-order valence-corrected chi connectivity index (χ1v) is 8.00. The molecule has 1 fully saturated rings. The molecule has 0 aromatic rings. The summed E-state index contributed by atoms with van der Waals surface area (Å²) >= 11 is 0. The van der Waals surface area contributed by atoms with Gasteiger partial charge in [0.2, 0.25) is 0 Å². The molecular formula is C16H31NO3. The van der Waals surface area contributed by atoms with Crippen LogP contribution in [0.2, 0.25) is 0 Å². The van der Waals surface area contributed by atoms with Crippen LogP contribution in [0.15, 0.2) is 0 Å². The number of hydrogen-bond acceptors (Lipinski definition) is 4. The second kappa shape index (κ2) is 8.63. The molecule has 0 aliphatic heterocycles. The zero-order valence-corrected chi connectivity index (χ0v) is 13.5. The zero-order chi connectivity index (χ0) is 15.0. The van der Waals surface area contributed by atoms with Gasteiger partial charge in [0.15, 0.2) is 0 Å². The Morgan fingerprint density at radius 1 is 1.35 bits per heavy atom. The summed E-state index contributed by atoms with van der Waals surface area (Å²) in [4.78, 5) is 12.1. The normalized spacial score (nSPS) is 18.1. The van der Waals surface area contributed by atoms with Crippen LogP contribution in [-0.2, 0) is 14.3 Å². The molecule has 0 spiro atoms. The van der Waals surface area contributed by atoms with E-state index in [1.807, 2.05) is 13.8 Å². The molecule has 1 aliphatic carbocycles. The number of ether oxygens (including phenoxy) is 2. The zero-order valence-electron chi connectivity index (χ0n) is 13.5. The lowest BCUT2D eigenvalue weighted by molar-refractivity contribution is -0.151. The van der Waals surface area contributed by atoms with Crippen LogP contribution in [0.5, 0.6) is 0 Å². The highest BCUT2D eigenvalue weighted by atomic mass is 16.5. The quantitative estimate of drug-likeness (QED) is 0.468. The van der Waals surface area contributed by atoms with Crippen molar-refractivity contribution in [3.05, 3.63) is 0 Å². The minimum Gasteiger partial charge on any atom is -0.465 e. The van der Waals surface area contributed by atoms with E-state index >= 15 is 0 Å². The minimum absolute atomic E-state index is 0.116. The van der Waals surface area contributed by atoms with Gasteiger partial charge in [-0.1, -0.05) is 13.8 Å². The van der Waals surface area contributed by atoms with Crippen LogP contribution in [-0.4, -0.2) is 37.4 Å². The van der Waals surface area contributed by atoms with Crippen molar-refractivity contribution < 1.29 is 14.3 Å². The van der Waals surface area contributed by atoms with Gasteiger partial charge in [-0.2, -0.15) is 0 Å². The monoisotopic (exact) mass is 285 g/mol. The fourth-order valence-electron chi connectivity index (χ4n) is 2.20. The molecule has 1 unspecified atom stereocenters. The van der Waals surface area contributed by atoms with Crippen molar-refractivity contribution in [2.75, 3.05) is 19.8 Å². The van der Waals surface area contributed by atoms with Gasteiger partial charge in [-0.05, 0) is 51.9 Å². The molecule has 1 saturated carbocycles. The number of unbranched alkanes of at least 4 members (excludes halogenated alkanes) is 1. The number of esters is 1. The second-order valence-corrected chi connectivity index (χ2v) is 6.40. The van der Waals surface area contributed by atoms with Crippen molar-refractivity contribution in [3.8, 4) is 0 Å². The summed E-state index contributed by atoms with van der Waals surface area (Å²) in [5, 5.41) is 3.45. The molecule has 1 N–H and O–H groups in total. The maximum absolute atomic E-state index is 12.1. The van der Waals surface area contributed by atoms with Crippen molar-refractivity contribution in [3.63, 3.8) is 0 Å². The van der Waals surface area contributed by atoms with Crippen LogP contribution >= 0.6 is 0 Å². The van der Waals surface area contributed by atoms with Gasteiger partial charge in [0.05, 0.1) is 6.61 Å². The Bertz CT molecular complexity index is 289. The number of carbonyl (C=O) groups excluding carboxylic acids is 1. The first-order chi connectivity index (χ1) is 9.48. The average Bonchev–Trinajstić information content (AvgIpc) is 3.17. The molecule has 1 atom stereocenters. The molecule has 20 heavy (non-hydrogen) atoms. The third-order valence-corrected chi connectivity index (χ3v) is 3.49. The van der Waals surface area contributed by atoms with E-state index in [9.17, 15) is 4.79 Å². The average molecular weight is 285 g/mol. The van der Waals surface area contributed by atoms with Crippen molar-refractivity contribution >= 4 is 5.97 Å². The third-order valence-electron chi connectivity index (χ3n) is 3.49. The molecule has 4 nitrogen and oxygen atoms in total. The number of hydrogen-bond donors (Lipinski definition) is 1. The minimum atomic E-state index is -0.533. The highest BCUT2D eigenvalue weighted by Gasteiger charge is 2.38. The summed E-state index contributed by atoms with van der Waals surface area (Å²) in [6, 6.07) is 0.501. The molecule has 0 aromatic carbocycles. The van der Waals surface area contributed by atoms with Crippen molar-refractivity contribution in [1.82, 2.24) is 5.32 Å². The summed E-state index contributed by atoms with van der Waals surface area (Å²) in [7, 11) is 0. The predicted octanol–water partition coefficient (Wildman–Crippen LogP) is 2.90. The standard InChI is InChI=1S/C16H31NO3/c1-5-20-15(18)16(4,17-14-8-9-14)10-6-7-11-19-12-13(2)3/h13-14,17H,5-12H2,1-4H3. The van der Waals surface area contributed by atoms with E-state index in [1.54, 1.807) is 0 Å². The Labute approximate surface area is 123 Å². The molecule has 4 heteroatoms. The molecule has 0 heterocycles. The Kier molecular flexibility index (Phi) is 7.52. The van der Waals surface area contributed by atoms with E-state index in [1.165, 1.54) is 12.8 Å². The summed E-state index contributed by atoms with van der Waals surface area (Å²) < 4.78 is 10.8. The van der Waals surface area contributed by atoms with Crippen LogP contribution in [0.4, 0.5) is 0 Å². The molecule has 0 amide bonds. The Hall–Kier alpha value is -0.610. The molecule has 0 radical (unpaired) electrons. The van der Waals surface area contributed by atoms with Gasteiger partial charge in [-0.25, -0.2) is 0 Å². The van der Waals surface area contributed by atoms with Crippen molar-refractivity contribution in [1.29, 1.82) is 0 Å². The lowest BCUT2D eigenvalue weighted by Gasteiger charge is -2.28. The highest BCUT2D eigenvalue weighted by Crippen LogP contribution is 2.26. The van der Waals surface area contributed by atoms with Crippen LogP contribution in [0.1, 0.15) is 59.8 Å². The largest absolute Gasteiger partial charge is 0.465 e. The van der Waals surface area contributed by atoms with Gasteiger partial charge >= 0.3 is 5.97 Å². The van der Waals surface area contributed by atoms with Crippen molar-refractivity contribution in [2.24, 2.45) is 5.92 Å². The van der Waals surface area contributed by atoms with Gasteiger partial charge < -0.3 is 9.47 Å². The van der Waals surface area contributed by atoms with Gasteiger partial charge in [0.1, 0.15) is 5.54 Å². The molecule has 0 bridgehead atoms. The fraction of sp³-hybridized carbons (Fsp3) is 0.938. The predicted molar refractivity (Wildman–Crippen MR) is 80.7 cm³/mol. The highest BCUT2D eigenvalue weighted by molar-refractivity contribution is 5.80. The lowest BCUT2D eigenvalue weighted by Crippen LogP contribution is -2.51. The molecular weight excluding hydrogens is 254 g/mol. The SMILES string of the molecule is CCOC(=O)C(C)(CCCCOCC(C)C)NC1CC1. The molecule has 1 rings (SSSR count). The number of carbonyl (C=O) groups is 1. The van der Waals surface area contributed by atoms with E-state index in [4.69, 9.17) is 9.47 Å². The van der Waals surface area contributed by atoms with E-state index in [0.717, 1.165) is 32.5 Å². The molecule has 118 valence electrons. The topological polar surface area (TPSA) is 47.6 Å². The lowest BCUT2D eigenvalue weighted by atomic mass is 9.94. The second-order valence-electron chi connectivity index (χ2n) is 6.40. The summed E-state index contributed by atoms with van der Waals surface area (Å²) in [6.45, 7) is 10.2. The van der Waals surface area contributed by atoms with E-state index in [0.29, 0.717) is 18.6 Å². The molecule has 0 saturated heterocycles. The van der Waals surface area contributed by atoms with E-state index in [2.05, 4.69) is 19.2 Å². The van der Waals surface area contributed by atoms with Crippen LogP contribution in [0.3, 0.4) is 0 Å². The Morgan fingerprint density at radius 3 is 2.60 bits per heavy atom.